The van der Waals surface area contributed by atoms with E-state index in [1.165, 1.54) is 21.9 Å². The minimum atomic E-state index is 0.914. The van der Waals surface area contributed by atoms with Gasteiger partial charge in [0.25, 0.3) is 0 Å². The lowest BCUT2D eigenvalue weighted by Crippen LogP contribution is -2.10. The summed E-state index contributed by atoms with van der Waals surface area (Å²) in [6.45, 7) is 0. The lowest BCUT2D eigenvalue weighted by Gasteiger charge is -2.27. The maximum absolute atomic E-state index is 6.78. The number of furan rings is 1. The summed E-state index contributed by atoms with van der Waals surface area (Å²) in [7, 11) is 0. The van der Waals surface area contributed by atoms with Crippen molar-refractivity contribution in [3.63, 3.8) is 0 Å². The molecule has 9 aromatic rings. The molecule has 0 saturated carbocycles. The van der Waals surface area contributed by atoms with Crippen molar-refractivity contribution in [3.05, 3.63) is 176 Å². The summed E-state index contributed by atoms with van der Waals surface area (Å²) in [5.41, 5.74) is 9.82. The number of hydrogen-bond acceptors (Lipinski definition) is 2. The molecule has 46 heavy (non-hydrogen) atoms. The van der Waals surface area contributed by atoms with Crippen LogP contribution >= 0.6 is 0 Å². The van der Waals surface area contributed by atoms with Crippen LogP contribution in [-0.4, -0.2) is 0 Å². The highest BCUT2D eigenvalue weighted by atomic mass is 16.3. The van der Waals surface area contributed by atoms with Crippen molar-refractivity contribution in [2.75, 3.05) is 4.90 Å². The maximum Gasteiger partial charge on any atom is 0.143 e. The SMILES string of the molecule is c1ccc(-c2cccc3c2oc2c4ccccc4c(N(c4ccccc4)c4ccc(-c5cccc6ccccc56)cc4)cc32)cc1. The number of rotatable bonds is 5. The van der Waals surface area contributed by atoms with Gasteiger partial charge in [-0.1, -0.05) is 146 Å². The molecule has 0 aliphatic heterocycles. The third kappa shape index (κ3) is 4.27. The van der Waals surface area contributed by atoms with E-state index < -0.39 is 0 Å². The Morgan fingerprint density at radius 3 is 1.70 bits per heavy atom. The molecule has 2 heteroatoms. The summed E-state index contributed by atoms with van der Waals surface area (Å²) in [4.78, 5) is 2.37. The molecule has 0 aliphatic rings. The minimum absolute atomic E-state index is 0.914. The fourth-order valence-corrected chi connectivity index (χ4v) is 6.90. The largest absolute Gasteiger partial charge is 0.455 e. The Morgan fingerprint density at radius 1 is 0.348 bits per heavy atom. The van der Waals surface area contributed by atoms with E-state index in [1.807, 2.05) is 0 Å². The second kappa shape index (κ2) is 10.8. The van der Waals surface area contributed by atoms with Crippen LogP contribution < -0.4 is 4.90 Å². The van der Waals surface area contributed by atoms with E-state index in [9.17, 15) is 0 Å². The normalized spacial score (nSPS) is 11.5. The number of benzene rings is 8. The van der Waals surface area contributed by atoms with Crippen molar-refractivity contribution in [1.82, 2.24) is 0 Å². The quantitative estimate of drug-likeness (QED) is 0.199. The van der Waals surface area contributed by atoms with Gasteiger partial charge in [0, 0.05) is 38.5 Å². The van der Waals surface area contributed by atoms with Crippen molar-refractivity contribution >= 4 is 60.5 Å². The predicted molar refractivity (Wildman–Crippen MR) is 194 cm³/mol. The van der Waals surface area contributed by atoms with Gasteiger partial charge in [-0.3, -0.25) is 0 Å². The number of hydrogen-bond donors (Lipinski definition) is 0. The molecule has 0 radical (unpaired) electrons. The Bertz CT molecular complexity index is 2510. The first-order valence-electron chi connectivity index (χ1n) is 15.7. The first kappa shape index (κ1) is 26.3. The summed E-state index contributed by atoms with van der Waals surface area (Å²) < 4.78 is 6.78. The van der Waals surface area contributed by atoms with Gasteiger partial charge in [0.2, 0.25) is 0 Å². The smallest absolute Gasteiger partial charge is 0.143 e. The second-order valence-corrected chi connectivity index (χ2v) is 11.7. The first-order valence-corrected chi connectivity index (χ1v) is 15.7. The van der Waals surface area contributed by atoms with E-state index in [2.05, 4.69) is 181 Å². The average molecular weight is 588 g/mol. The molecule has 0 spiro atoms. The number of nitrogens with zero attached hydrogens (tertiary/aromatic N) is 1. The van der Waals surface area contributed by atoms with Gasteiger partial charge in [-0.25, -0.2) is 0 Å². The van der Waals surface area contributed by atoms with Gasteiger partial charge in [-0.15, -0.1) is 0 Å². The summed E-state index contributed by atoms with van der Waals surface area (Å²) in [6, 6.07) is 62.6. The molecule has 0 fully saturated rings. The molecule has 0 saturated heterocycles. The topological polar surface area (TPSA) is 16.4 Å². The zero-order chi connectivity index (χ0) is 30.5. The van der Waals surface area contributed by atoms with Gasteiger partial charge in [0.15, 0.2) is 0 Å². The molecule has 0 N–H and O–H groups in total. The Labute approximate surface area is 267 Å². The van der Waals surface area contributed by atoms with Gasteiger partial charge in [0.1, 0.15) is 11.2 Å². The molecule has 0 aliphatic carbocycles. The van der Waals surface area contributed by atoms with Crippen LogP contribution in [0.25, 0.3) is 65.7 Å². The standard InChI is InChI=1S/C44H29NO/c1-3-13-31(14-4-1)37-23-12-24-40-41-29-42(38-20-9-10-21-39(38)44(41)46-43(37)40)45(33-17-5-2-6-18-33)34-27-25-32(26-28-34)36-22-11-16-30-15-7-8-19-35(30)36/h1-29H. The van der Waals surface area contributed by atoms with Crippen molar-refractivity contribution in [1.29, 1.82) is 0 Å². The van der Waals surface area contributed by atoms with Gasteiger partial charge >= 0.3 is 0 Å². The Kier molecular flexibility index (Phi) is 6.17. The molecule has 216 valence electrons. The van der Waals surface area contributed by atoms with Crippen LogP contribution in [-0.2, 0) is 0 Å². The van der Waals surface area contributed by atoms with E-state index in [4.69, 9.17) is 4.42 Å². The predicted octanol–water partition coefficient (Wildman–Crippen LogP) is 12.7. The van der Waals surface area contributed by atoms with E-state index in [-0.39, 0.29) is 0 Å². The molecule has 9 rings (SSSR count). The molecular weight excluding hydrogens is 558 g/mol. The number of anilines is 3. The van der Waals surface area contributed by atoms with Crippen LogP contribution in [0.1, 0.15) is 0 Å². The molecule has 2 nitrogen and oxygen atoms in total. The molecule has 1 heterocycles. The Morgan fingerprint density at radius 2 is 0.891 bits per heavy atom. The van der Waals surface area contributed by atoms with Crippen LogP contribution in [0.3, 0.4) is 0 Å². The fraction of sp³-hybridized carbons (Fsp3) is 0. The van der Waals surface area contributed by atoms with Crippen molar-refractivity contribution < 1.29 is 4.42 Å². The zero-order valence-electron chi connectivity index (χ0n) is 25.1. The van der Waals surface area contributed by atoms with E-state index in [1.54, 1.807) is 0 Å². The summed E-state index contributed by atoms with van der Waals surface area (Å²) in [6.07, 6.45) is 0. The highest BCUT2D eigenvalue weighted by Gasteiger charge is 2.21. The maximum atomic E-state index is 6.78. The van der Waals surface area contributed by atoms with Crippen molar-refractivity contribution in [2.45, 2.75) is 0 Å². The molecule has 0 unspecified atom stereocenters. The average Bonchev–Trinajstić information content (AvgIpc) is 3.52. The highest BCUT2D eigenvalue weighted by molar-refractivity contribution is 6.21. The van der Waals surface area contributed by atoms with E-state index in [0.717, 1.165) is 60.9 Å². The molecule has 8 aromatic carbocycles. The summed E-state index contributed by atoms with van der Waals surface area (Å²) >= 11 is 0. The fourth-order valence-electron chi connectivity index (χ4n) is 6.90. The Hall–Kier alpha value is -6.12. The molecular formula is C44H29NO. The lowest BCUT2D eigenvalue weighted by atomic mass is 9.97. The van der Waals surface area contributed by atoms with Gasteiger partial charge in [-0.05, 0) is 57.8 Å². The van der Waals surface area contributed by atoms with Crippen LogP contribution in [0.2, 0.25) is 0 Å². The van der Waals surface area contributed by atoms with Crippen LogP contribution in [0.4, 0.5) is 17.1 Å². The molecule has 1 aromatic heterocycles. The van der Waals surface area contributed by atoms with Crippen LogP contribution in [0, 0.1) is 0 Å². The van der Waals surface area contributed by atoms with Crippen molar-refractivity contribution in [3.8, 4) is 22.3 Å². The van der Waals surface area contributed by atoms with Gasteiger partial charge in [0.05, 0.1) is 5.69 Å². The van der Waals surface area contributed by atoms with E-state index in [0.29, 0.717) is 0 Å². The molecule has 0 atom stereocenters. The van der Waals surface area contributed by atoms with Crippen LogP contribution in [0.15, 0.2) is 180 Å². The monoisotopic (exact) mass is 587 g/mol. The molecule has 0 amide bonds. The van der Waals surface area contributed by atoms with Crippen LogP contribution in [0.5, 0.6) is 0 Å². The number of para-hydroxylation sites is 2. The van der Waals surface area contributed by atoms with Gasteiger partial charge in [-0.2, -0.15) is 0 Å². The third-order valence-corrected chi connectivity index (χ3v) is 9.05. The molecule has 0 bridgehead atoms. The Balaban J connectivity index is 1.27. The summed E-state index contributed by atoms with van der Waals surface area (Å²) in [5, 5.41) is 6.96. The highest BCUT2D eigenvalue weighted by Crippen LogP contribution is 2.46. The number of fused-ring (bicyclic) bond motifs is 6. The van der Waals surface area contributed by atoms with Gasteiger partial charge < -0.3 is 9.32 Å². The van der Waals surface area contributed by atoms with Crippen molar-refractivity contribution in [2.24, 2.45) is 0 Å². The third-order valence-electron chi connectivity index (χ3n) is 9.05. The summed E-state index contributed by atoms with van der Waals surface area (Å²) in [5.74, 6) is 0. The second-order valence-electron chi connectivity index (χ2n) is 11.7. The first-order chi connectivity index (χ1) is 22.8. The minimum Gasteiger partial charge on any atom is -0.455 e. The zero-order valence-corrected chi connectivity index (χ0v) is 25.1. The lowest BCUT2D eigenvalue weighted by molar-refractivity contribution is 0.674. The van der Waals surface area contributed by atoms with E-state index >= 15 is 0 Å².